The van der Waals surface area contributed by atoms with Gasteiger partial charge in [-0.05, 0) is 34.1 Å². The fraction of sp³-hybridized carbons (Fsp3) is 0.882. The molecule has 5 nitrogen and oxygen atoms in total. The number of nitrogens with zero attached hydrogens (tertiary/aromatic N) is 1. The molecule has 0 unspecified atom stereocenters. The first-order chi connectivity index (χ1) is 10.1. The van der Waals surface area contributed by atoms with Gasteiger partial charge in [0.05, 0.1) is 11.1 Å². The monoisotopic (exact) mass is 313 g/mol. The summed E-state index contributed by atoms with van der Waals surface area (Å²) >= 11 is 0. The second kappa shape index (κ2) is 7.44. The predicted molar refractivity (Wildman–Crippen MR) is 85.0 cm³/mol. The number of esters is 1. The molecule has 0 bridgehead atoms. The van der Waals surface area contributed by atoms with Crippen LogP contribution < -0.4 is 0 Å². The van der Waals surface area contributed by atoms with Crippen molar-refractivity contribution in [2.24, 2.45) is 0 Å². The maximum atomic E-state index is 11.9. The Morgan fingerprint density at radius 1 is 1.09 bits per heavy atom. The number of ether oxygens (including phenoxy) is 1. The Bertz CT molecular complexity index is 385. The minimum atomic E-state index is -0.373. The highest BCUT2D eigenvalue weighted by atomic mass is 16.7. The van der Waals surface area contributed by atoms with Gasteiger partial charge in [0, 0.05) is 26.2 Å². The van der Waals surface area contributed by atoms with E-state index in [-0.39, 0.29) is 29.1 Å². The topological polar surface area (TPSA) is 55.8 Å². The molecule has 5 heteroatoms. The molecule has 1 aliphatic rings. The van der Waals surface area contributed by atoms with Crippen molar-refractivity contribution in [1.29, 1.82) is 0 Å². The predicted octanol–water partition coefficient (Wildman–Crippen LogP) is 3.61. The van der Waals surface area contributed by atoms with Gasteiger partial charge in [0.25, 0.3) is 0 Å². The Hall–Kier alpha value is -1.10. The first-order valence-electron chi connectivity index (χ1n) is 8.27. The first-order valence-corrected chi connectivity index (χ1v) is 8.27. The lowest BCUT2D eigenvalue weighted by molar-refractivity contribution is -0.276. The molecule has 1 aliphatic heterocycles. The van der Waals surface area contributed by atoms with E-state index in [1.54, 1.807) is 5.06 Å². The summed E-state index contributed by atoms with van der Waals surface area (Å²) in [6, 6.07) is 0. The largest absolute Gasteiger partial charge is 0.462 e. The Labute approximate surface area is 134 Å². The van der Waals surface area contributed by atoms with E-state index in [0.29, 0.717) is 19.3 Å². The van der Waals surface area contributed by atoms with Crippen molar-refractivity contribution < 1.29 is 19.2 Å². The molecule has 0 aromatic heterocycles. The molecule has 0 spiro atoms. The molecule has 22 heavy (non-hydrogen) atoms. The van der Waals surface area contributed by atoms with Gasteiger partial charge in [-0.25, -0.2) is 0 Å². The molecule has 0 N–H and O–H groups in total. The van der Waals surface area contributed by atoms with E-state index in [1.165, 1.54) is 6.92 Å². The maximum absolute atomic E-state index is 11.9. The lowest BCUT2D eigenvalue weighted by atomic mass is 9.80. The van der Waals surface area contributed by atoms with Gasteiger partial charge in [-0.1, -0.05) is 19.8 Å². The fourth-order valence-electron chi connectivity index (χ4n) is 3.39. The van der Waals surface area contributed by atoms with Gasteiger partial charge < -0.3 is 9.57 Å². The van der Waals surface area contributed by atoms with Gasteiger partial charge in [-0.3, -0.25) is 9.59 Å². The Balaban J connectivity index is 2.68. The molecule has 0 aromatic rings. The quantitative estimate of drug-likeness (QED) is 0.554. The molecule has 1 saturated heterocycles. The fourth-order valence-corrected chi connectivity index (χ4v) is 3.39. The third kappa shape index (κ3) is 5.27. The normalized spacial score (nSPS) is 21.4. The second-order valence-electron chi connectivity index (χ2n) is 7.48. The molecule has 1 heterocycles. The van der Waals surface area contributed by atoms with Crippen molar-refractivity contribution in [3.8, 4) is 0 Å². The third-order valence-electron chi connectivity index (χ3n) is 4.06. The van der Waals surface area contributed by atoms with E-state index in [0.717, 1.165) is 19.3 Å². The molecule has 128 valence electrons. The second-order valence-corrected chi connectivity index (χ2v) is 7.48. The van der Waals surface area contributed by atoms with Gasteiger partial charge in [0.1, 0.15) is 6.10 Å². The van der Waals surface area contributed by atoms with Crippen LogP contribution in [0.4, 0.5) is 0 Å². The van der Waals surface area contributed by atoms with Crippen molar-refractivity contribution in [3.63, 3.8) is 0 Å². The SMILES string of the molecule is CCCCCC(=O)OC1CC(C)(C)N(OC(C)=O)C(C)(C)C1. The number of piperidine rings is 1. The van der Waals surface area contributed by atoms with Crippen LogP contribution in [-0.4, -0.2) is 34.2 Å². The van der Waals surface area contributed by atoms with Crippen molar-refractivity contribution in [2.75, 3.05) is 0 Å². The number of unbranched alkanes of at least 4 members (excludes halogenated alkanes) is 2. The van der Waals surface area contributed by atoms with Gasteiger partial charge in [0.15, 0.2) is 0 Å². The van der Waals surface area contributed by atoms with Gasteiger partial charge in [0.2, 0.25) is 0 Å². The van der Waals surface area contributed by atoms with Crippen LogP contribution in [0, 0.1) is 0 Å². The molecule has 0 aliphatic carbocycles. The van der Waals surface area contributed by atoms with Gasteiger partial charge >= 0.3 is 11.9 Å². The Morgan fingerprint density at radius 3 is 2.09 bits per heavy atom. The number of carbonyl (C=O) groups excluding carboxylic acids is 2. The van der Waals surface area contributed by atoms with Crippen LogP contribution in [0.3, 0.4) is 0 Å². The minimum absolute atomic E-state index is 0.119. The number of hydrogen-bond donors (Lipinski definition) is 0. The zero-order valence-corrected chi connectivity index (χ0v) is 14.9. The van der Waals surface area contributed by atoms with Crippen LogP contribution >= 0.6 is 0 Å². The molecule has 0 radical (unpaired) electrons. The summed E-state index contributed by atoms with van der Waals surface area (Å²) in [4.78, 5) is 28.7. The smallest absolute Gasteiger partial charge is 0.322 e. The summed E-state index contributed by atoms with van der Waals surface area (Å²) in [5.74, 6) is -0.442. The van der Waals surface area contributed by atoms with Crippen molar-refractivity contribution in [3.05, 3.63) is 0 Å². The Kier molecular flexibility index (Phi) is 6.41. The standard InChI is InChI=1S/C17H31NO4/c1-7-8-9-10-15(20)21-14-11-16(3,4)18(22-13(2)19)17(5,6)12-14/h14H,7-12H2,1-6H3. The summed E-state index contributed by atoms with van der Waals surface area (Å²) in [5, 5.41) is 1.75. The van der Waals surface area contributed by atoms with Gasteiger partial charge in [-0.2, -0.15) is 0 Å². The van der Waals surface area contributed by atoms with E-state index in [1.807, 2.05) is 27.7 Å². The highest BCUT2D eigenvalue weighted by Crippen LogP contribution is 2.39. The molecule has 0 saturated carbocycles. The van der Waals surface area contributed by atoms with Gasteiger partial charge in [-0.15, -0.1) is 5.06 Å². The first kappa shape index (κ1) is 18.9. The average molecular weight is 313 g/mol. The molecule has 1 fully saturated rings. The number of carbonyl (C=O) groups is 2. The van der Waals surface area contributed by atoms with Crippen LogP contribution in [0.1, 0.15) is 80.1 Å². The van der Waals surface area contributed by atoms with Crippen LogP contribution in [0.15, 0.2) is 0 Å². The zero-order valence-electron chi connectivity index (χ0n) is 14.9. The van der Waals surface area contributed by atoms with Crippen LogP contribution in [0.5, 0.6) is 0 Å². The molecule has 1 rings (SSSR count). The lowest BCUT2D eigenvalue weighted by Crippen LogP contribution is -2.62. The van der Waals surface area contributed by atoms with Crippen molar-refractivity contribution in [1.82, 2.24) is 5.06 Å². The number of rotatable bonds is 6. The number of hydroxylamine groups is 2. The van der Waals surface area contributed by atoms with E-state index >= 15 is 0 Å². The summed E-state index contributed by atoms with van der Waals surface area (Å²) < 4.78 is 5.66. The van der Waals surface area contributed by atoms with Crippen LogP contribution in [0.25, 0.3) is 0 Å². The highest BCUT2D eigenvalue weighted by Gasteiger charge is 2.49. The molecular formula is C17H31NO4. The third-order valence-corrected chi connectivity index (χ3v) is 4.06. The van der Waals surface area contributed by atoms with E-state index in [2.05, 4.69) is 6.92 Å². The minimum Gasteiger partial charge on any atom is -0.462 e. The summed E-state index contributed by atoms with van der Waals surface area (Å²) in [5.41, 5.74) is -0.746. The highest BCUT2D eigenvalue weighted by molar-refractivity contribution is 5.69. The molecule has 0 amide bonds. The maximum Gasteiger partial charge on any atom is 0.322 e. The lowest BCUT2D eigenvalue weighted by Gasteiger charge is -2.52. The molecular weight excluding hydrogens is 282 g/mol. The summed E-state index contributed by atoms with van der Waals surface area (Å²) in [6.45, 7) is 11.6. The van der Waals surface area contributed by atoms with Crippen LogP contribution in [0.2, 0.25) is 0 Å². The van der Waals surface area contributed by atoms with Crippen molar-refractivity contribution >= 4 is 11.9 Å². The van der Waals surface area contributed by atoms with E-state index in [9.17, 15) is 9.59 Å². The van der Waals surface area contributed by atoms with E-state index in [4.69, 9.17) is 9.57 Å². The molecule has 0 aromatic carbocycles. The zero-order chi connectivity index (χ0) is 17.0. The number of hydrogen-bond acceptors (Lipinski definition) is 5. The van der Waals surface area contributed by atoms with Crippen LogP contribution in [-0.2, 0) is 19.2 Å². The van der Waals surface area contributed by atoms with Crippen molar-refractivity contribution in [2.45, 2.75) is 97.2 Å². The molecule has 0 atom stereocenters. The van der Waals surface area contributed by atoms with E-state index < -0.39 is 0 Å². The summed E-state index contributed by atoms with van der Waals surface area (Å²) in [7, 11) is 0. The Morgan fingerprint density at radius 2 is 1.64 bits per heavy atom. The average Bonchev–Trinajstić information content (AvgIpc) is 2.33. The summed E-state index contributed by atoms with van der Waals surface area (Å²) in [6.07, 6.45) is 4.69.